The van der Waals surface area contributed by atoms with Gasteiger partial charge in [-0.15, -0.1) is 0 Å². The van der Waals surface area contributed by atoms with Crippen molar-refractivity contribution in [2.24, 2.45) is 10.9 Å². The zero-order valence-electron chi connectivity index (χ0n) is 18.8. The van der Waals surface area contributed by atoms with Crippen LogP contribution in [-0.4, -0.2) is 49.6 Å². The highest BCUT2D eigenvalue weighted by atomic mass is 19.1. The molecule has 0 radical (unpaired) electrons. The summed E-state index contributed by atoms with van der Waals surface area (Å²) >= 11 is 0. The summed E-state index contributed by atoms with van der Waals surface area (Å²) in [7, 11) is 1.56. The van der Waals surface area contributed by atoms with Crippen molar-refractivity contribution in [3.8, 4) is 0 Å². The van der Waals surface area contributed by atoms with Gasteiger partial charge in [-0.3, -0.25) is 4.79 Å². The topological polar surface area (TPSA) is 66.0 Å². The Bertz CT molecular complexity index is 698. The lowest BCUT2D eigenvalue weighted by Crippen LogP contribution is -2.50. The molecule has 1 amide bonds. The van der Waals surface area contributed by atoms with Gasteiger partial charge in [-0.05, 0) is 50.3 Å². The molecule has 1 aromatic carbocycles. The summed E-state index contributed by atoms with van der Waals surface area (Å²) in [6, 6.07) is 5.30. The van der Waals surface area contributed by atoms with Crippen molar-refractivity contribution < 1.29 is 13.9 Å². The van der Waals surface area contributed by atoms with Gasteiger partial charge >= 0.3 is 0 Å². The molecule has 0 unspecified atom stereocenters. The Morgan fingerprint density at radius 1 is 1.27 bits per heavy atom. The number of hydrogen-bond donors (Lipinski definition) is 2. The number of carbonyl (C=O) groups is 1. The molecule has 0 aliphatic carbocycles. The summed E-state index contributed by atoms with van der Waals surface area (Å²) in [6.07, 6.45) is 3.62. The summed E-state index contributed by atoms with van der Waals surface area (Å²) in [6.45, 7) is 9.22. The first-order valence-electron chi connectivity index (χ1n) is 11.1. The van der Waals surface area contributed by atoms with E-state index in [1.54, 1.807) is 19.2 Å². The molecule has 168 valence electrons. The van der Waals surface area contributed by atoms with Gasteiger partial charge in [0.25, 0.3) is 0 Å². The van der Waals surface area contributed by atoms with Crippen LogP contribution in [0.4, 0.5) is 4.39 Å². The van der Waals surface area contributed by atoms with E-state index in [4.69, 9.17) is 4.74 Å². The fourth-order valence-corrected chi connectivity index (χ4v) is 3.82. The largest absolute Gasteiger partial charge is 0.380 e. The quantitative estimate of drug-likeness (QED) is 0.474. The van der Waals surface area contributed by atoms with Gasteiger partial charge < -0.3 is 20.3 Å². The Kier molecular flexibility index (Phi) is 10.1. The Hall–Kier alpha value is -2.15. The normalized spacial score (nSPS) is 15.5. The Labute approximate surface area is 180 Å². The van der Waals surface area contributed by atoms with Crippen LogP contribution < -0.4 is 10.6 Å². The van der Waals surface area contributed by atoms with Crippen LogP contribution in [0, 0.1) is 11.7 Å². The molecular weight excluding hydrogens is 383 g/mol. The first-order valence-corrected chi connectivity index (χ1v) is 11.1. The maximum absolute atomic E-state index is 13.8. The number of methoxy groups -OCH3 is 1. The average molecular weight is 421 g/mol. The maximum atomic E-state index is 13.8. The smallest absolute Gasteiger partial charge is 0.225 e. The maximum Gasteiger partial charge on any atom is 0.225 e. The summed E-state index contributed by atoms with van der Waals surface area (Å²) in [4.78, 5) is 19.3. The number of aliphatic imine (C=N–C) groups is 1. The number of benzene rings is 1. The minimum Gasteiger partial charge on any atom is -0.380 e. The second-order valence-electron chi connectivity index (χ2n) is 7.81. The SMILES string of the molecule is CCNC(=NCc1ccc(F)c(COC)c1)NC1CCN(C(=O)C(CC)CC)CC1. The average Bonchev–Trinajstić information content (AvgIpc) is 2.75. The van der Waals surface area contributed by atoms with Gasteiger partial charge in [0.15, 0.2) is 5.96 Å². The lowest BCUT2D eigenvalue weighted by molar-refractivity contribution is -0.136. The number of ether oxygens (including phenoxy) is 1. The molecule has 2 N–H and O–H groups in total. The molecule has 1 aliphatic heterocycles. The molecule has 0 atom stereocenters. The molecule has 30 heavy (non-hydrogen) atoms. The predicted molar refractivity (Wildman–Crippen MR) is 119 cm³/mol. The molecule has 0 spiro atoms. The van der Waals surface area contributed by atoms with Crippen LogP contribution in [0.1, 0.15) is 57.6 Å². The number of likely N-dealkylation sites (tertiary alicyclic amines) is 1. The fourth-order valence-electron chi connectivity index (χ4n) is 3.82. The Morgan fingerprint density at radius 3 is 2.57 bits per heavy atom. The van der Waals surface area contributed by atoms with Crippen LogP contribution >= 0.6 is 0 Å². The van der Waals surface area contributed by atoms with Crippen molar-refractivity contribution in [3.05, 3.63) is 35.1 Å². The minimum atomic E-state index is -0.260. The highest BCUT2D eigenvalue weighted by molar-refractivity contribution is 5.80. The molecule has 1 aliphatic rings. The number of nitrogens with one attached hydrogen (secondary N) is 2. The molecule has 1 aromatic rings. The van der Waals surface area contributed by atoms with E-state index in [1.165, 1.54) is 6.07 Å². The van der Waals surface area contributed by atoms with E-state index in [0.29, 0.717) is 18.0 Å². The van der Waals surface area contributed by atoms with E-state index in [1.807, 2.05) is 11.8 Å². The van der Waals surface area contributed by atoms with Crippen molar-refractivity contribution >= 4 is 11.9 Å². The lowest BCUT2D eigenvalue weighted by atomic mass is 9.98. The van der Waals surface area contributed by atoms with E-state index in [-0.39, 0.29) is 24.4 Å². The van der Waals surface area contributed by atoms with Crippen molar-refractivity contribution in [1.29, 1.82) is 0 Å². The fraction of sp³-hybridized carbons (Fsp3) is 0.652. The minimum absolute atomic E-state index is 0.145. The van der Waals surface area contributed by atoms with Crippen LogP contribution in [0.5, 0.6) is 0 Å². The molecular formula is C23H37FN4O2. The van der Waals surface area contributed by atoms with Gasteiger partial charge in [0.1, 0.15) is 5.82 Å². The van der Waals surface area contributed by atoms with Gasteiger partial charge in [-0.1, -0.05) is 19.9 Å². The third-order valence-electron chi connectivity index (χ3n) is 5.66. The van der Waals surface area contributed by atoms with E-state index >= 15 is 0 Å². The zero-order chi connectivity index (χ0) is 21.9. The highest BCUT2D eigenvalue weighted by Gasteiger charge is 2.26. The first kappa shape index (κ1) is 24.1. The third-order valence-corrected chi connectivity index (χ3v) is 5.66. The van der Waals surface area contributed by atoms with E-state index in [2.05, 4.69) is 29.5 Å². The summed E-state index contributed by atoms with van der Waals surface area (Å²) in [5, 5.41) is 6.78. The number of amides is 1. The van der Waals surface area contributed by atoms with Crippen molar-refractivity contribution in [1.82, 2.24) is 15.5 Å². The number of rotatable bonds is 9. The molecule has 0 saturated carbocycles. The molecule has 7 heteroatoms. The van der Waals surface area contributed by atoms with E-state index in [9.17, 15) is 9.18 Å². The Balaban J connectivity index is 1.93. The second-order valence-corrected chi connectivity index (χ2v) is 7.81. The van der Waals surface area contributed by atoms with Crippen LogP contribution in [0.25, 0.3) is 0 Å². The zero-order valence-corrected chi connectivity index (χ0v) is 18.8. The highest BCUT2D eigenvalue weighted by Crippen LogP contribution is 2.17. The van der Waals surface area contributed by atoms with Gasteiger partial charge in [0.05, 0.1) is 13.2 Å². The number of piperidine rings is 1. The molecule has 6 nitrogen and oxygen atoms in total. The molecule has 1 fully saturated rings. The van der Waals surface area contributed by atoms with Crippen molar-refractivity contribution in [2.75, 3.05) is 26.7 Å². The monoisotopic (exact) mass is 420 g/mol. The summed E-state index contributed by atoms with van der Waals surface area (Å²) in [5.74, 6) is 0.929. The van der Waals surface area contributed by atoms with Crippen molar-refractivity contribution in [3.63, 3.8) is 0 Å². The second kappa shape index (κ2) is 12.5. The van der Waals surface area contributed by atoms with Gasteiger partial charge in [0, 0.05) is 44.3 Å². The number of carbonyl (C=O) groups excluding carboxylic acids is 1. The van der Waals surface area contributed by atoms with Crippen molar-refractivity contribution in [2.45, 2.75) is 65.6 Å². The van der Waals surface area contributed by atoms with E-state index in [0.717, 1.165) is 56.8 Å². The van der Waals surface area contributed by atoms with Crippen LogP contribution in [-0.2, 0) is 22.7 Å². The first-order chi connectivity index (χ1) is 14.5. The summed E-state index contributed by atoms with van der Waals surface area (Å²) in [5.41, 5.74) is 1.48. The molecule has 1 saturated heterocycles. The molecule has 0 bridgehead atoms. The Morgan fingerprint density at radius 2 is 1.97 bits per heavy atom. The molecule has 2 rings (SSSR count). The van der Waals surface area contributed by atoms with Gasteiger partial charge in [-0.2, -0.15) is 0 Å². The van der Waals surface area contributed by atoms with Gasteiger partial charge in [0.2, 0.25) is 5.91 Å². The lowest BCUT2D eigenvalue weighted by Gasteiger charge is -2.34. The number of nitrogens with zero attached hydrogens (tertiary/aromatic N) is 2. The number of halogens is 1. The number of guanidine groups is 1. The summed E-state index contributed by atoms with van der Waals surface area (Å²) < 4.78 is 18.9. The van der Waals surface area contributed by atoms with Crippen LogP contribution in [0.3, 0.4) is 0 Å². The molecule has 1 heterocycles. The third kappa shape index (κ3) is 6.97. The molecule has 0 aromatic heterocycles. The predicted octanol–water partition coefficient (Wildman–Crippen LogP) is 3.45. The standard InChI is InChI=1S/C23H37FN4O2/c1-5-18(6-2)22(29)28-12-10-20(11-13-28)27-23(25-7-3)26-15-17-8-9-21(24)19(14-17)16-30-4/h8-9,14,18,20H,5-7,10-13,15-16H2,1-4H3,(H2,25,26,27). The van der Waals surface area contributed by atoms with Crippen LogP contribution in [0.15, 0.2) is 23.2 Å². The van der Waals surface area contributed by atoms with E-state index < -0.39 is 0 Å². The van der Waals surface area contributed by atoms with Crippen LogP contribution in [0.2, 0.25) is 0 Å². The van der Waals surface area contributed by atoms with Gasteiger partial charge in [-0.25, -0.2) is 9.38 Å². The number of hydrogen-bond acceptors (Lipinski definition) is 3.